The number of hydrogen-bond donors (Lipinski definition) is 1. The van der Waals surface area contributed by atoms with Crippen molar-refractivity contribution >= 4 is 0 Å². The summed E-state index contributed by atoms with van der Waals surface area (Å²) in [7, 11) is 0. The second-order valence-corrected chi connectivity index (χ2v) is 4.16. The molecule has 2 N–H and O–H groups in total. The van der Waals surface area contributed by atoms with Crippen LogP contribution < -0.4 is 5.73 Å². The lowest BCUT2D eigenvalue weighted by Gasteiger charge is -2.40. The van der Waals surface area contributed by atoms with Crippen molar-refractivity contribution in [3.63, 3.8) is 0 Å². The molecule has 1 heteroatoms. The van der Waals surface area contributed by atoms with Crippen LogP contribution >= 0.6 is 0 Å². The summed E-state index contributed by atoms with van der Waals surface area (Å²) < 4.78 is 0. The van der Waals surface area contributed by atoms with Gasteiger partial charge in [-0.25, -0.2) is 0 Å². The smallest absolute Gasteiger partial charge is 0.00721 e. The van der Waals surface area contributed by atoms with Gasteiger partial charge in [0.2, 0.25) is 0 Å². The molecule has 0 aromatic heterocycles. The van der Waals surface area contributed by atoms with Crippen molar-refractivity contribution in [1.82, 2.24) is 0 Å². The highest BCUT2D eigenvalue weighted by Gasteiger charge is 2.32. The minimum absolute atomic E-state index is 0.521. The van der Waals surface area contributed by atoms with E-state index in [-0.39, 0.29) is 0 Å². The van der Waals surface area contributed by atoms with Crippen LogP contribution in [0.15, 0.2) is 0 Å². The van der Waals surface area contributed by atoms with Crippen LogP contribution in [0.2, 0.25) is 0 Å². The van der Waals surface area contributed by atoms with Gasteiger partial charge < -0.3 is 5.73 Å². The zero-order chi connectivity index (χ0) is 7.61. The first kappa shape index (κ1) is 8.06. The molecule has 0 heterocycles. The van der Waals surface area contributed by atoms with Crippen molar-refractivity contribution in [3.05, 3.63) is 0 Å². The molecule has 1 nitrogen and oxygen atoms in total. The highest BCUT2D eigenvalue weighted by Crippen LogP contribution is 2.43. The molecule has 0 aromatic rings. The largest absolute Gasteiger partial charge is 0.330 e. The van der Waals surface area contributed by atoms with Gasteiger partial charge >= 0.3 is 0 Å². The summed E-state index contributed by atoms with van der Waals surface area (Å²) >= 11 is 0. The van der Waals surface area contributed by atoms with Crippen molar-refractivity contribution in [2.24, 2.45) is 17.1 Å². The van der Waals surface area contributed by atoms with Gasteiger partial charge in [0.15, 0.2) is 0 Å². The first-order chi connectivity index (χ1) is 4.67. The lowest BCUT2D eigenvalue weighted by atomic mass is 9.66. The zero-order valence-electron chi connectivity index (χ0n) is 7.19. The van der Waals surface area contributed by atoms with Crippen LogP contribution in [-0.2, 0) is 0 Å². The van der Waals surface area contributed by atoms with Gasteiger partial charge in [-0.15, -0.1) is 0 Å². The third-order valence-electron chi connectivity index (χ3n) is 3.00. The van der Waals surface area contributed by atoms with Crippen LogP contribution in [0.1, 0.15) is 39.5 Å². The van der Waals surface area contributed by atoms with Crippen LogP contribution in [0.5, 0.6) is 0 Å². The van der Waals surface area contributed by atoms with Crippen LogP contribution in [0.3, 0.4) is 0 Å². The molecule has 60 valence electrons. The molecule has 0 bridgehead atoms. The Morgan fingerprint density at radius 3 is 2.30 bits per heavy atom. The summed E-state index contributed by atoms with van der Waals surface area (Å²) in [6.07, 6.45) is 5.51. The van der Waals surface area contributed by atoms with E-state index in [2.05, 4.69) is 13.8 Å². The summed E-state index contributed by atoms with van der Waals surface area (Å²) in [4.78, 5) is 0. The molecule has 1 aliphatic carbocycles. The third-order valence-corrected chi connectivity index (χ3v) is 3.00. The molecule has 0 amide bonds. The predicted octanol–water partition coefficient (Wildman–Crippen LogP) is 2.16. The van der Waals surface area contributed by atoms with Crippen LogP contribution in [0.25, 0.3) is 0 Å². The molecule has 0 aromatic carbocycles. The van der Waals surface area contributed by atoms with E-state index in [4.69, 9.17) is 5.73 Å². The van der Waals surface area contributed by atoms with Crippen LogP contribution in [-0.4, -0.2) is 6.54 Å². The van der Waals surface area contributed by atoms with E-state index in [1.165, 1.54) is 25.7 Å². The van der Waals surface area contributed by atoms with Gasteiger partial charge in [0.1, 0.15) is 0 Å². The van der Waals surface area contributed by atoms with Gasteiger partial charge in [-0.3, -0.25) is 0 Å². The Bertz CT molecular complexity index is 103. The van der Waals surface area contributed by atoms with E-state index in [9.17, 15) is 0 Å². The number of hydrogen-bond acceptors (Lipinski definition) is 1. The summed E-state index contributed by atoms with van der Waals surface area (Å²) in [5.74, 6) is 0.969. The summed E-state index contributed by atoms with van der Waals surface area (Å²) in [6, 6.07) is 0. The fraction of sp³-hybridized carbons (Fsp3) is 1.00. The molecule has 1 aliphatic rings. The van der Waals surface area contributed by atoms with Gasteiger partial charge in [0.05, 0.1) is 0 Å². The van der Waals surface area contributed by atoms with E-state index in [0.717, 1.165) is 12.5 Å². The lowest BCUT2D eigenvalue weighted by molar-refractivity contribution is 0.113. The molecule has 0 unspecified atom stereocenters. The maximum atomic E-state index is 5.53. The highest BCUT2D eigenvalue weighted by molar-refractivity contribution is 4.84. The average molecular weight is 141 g/mol. The molecule has 0 saturated heterocycles. The molecular weight excluding hydrogens is 122 g/mol. The molecule has 0 aliphatic heterocycles. The Morgan fingerprint density at radius 2 is 2.00 bits per heavy atom. The molecule has 1 rings (SSSR count). The summed E-state index contributed by atoms with van der Waals surface area (Å²) in [5, 5.41) is 0. The van der Waals surface area contributed by atoms with Crippen molar-refractivity contribution in [2.75, 3.05) is 6.54 Å². The Kier molecular flexibility index (Phi) is 2.35. The predicted molar refractivity (Wildman–Crippen MR) is 44.8 cm³/mol. The molecule has 10 heavy (non-hydrogen) atoms. The molecule has 0 spiro atoms. The Balaban J connectivity index is 2.33. The third kappa shape index (κ3) is 1.51. The Hall–Kier alpha value is -0.0400. The minimum atomic E-state index is 0.521. The first-order valence-electron chi connectivity index (χ1n) is 4.37. The second kappa shape index (κ2) is 2.91. The fourth-order valence-corrected chi connectivity index (χ4v) is 1.77. The van der Waals surface area contributed by atoms with Crippen LogP contribution in [0, 0.1) is 11.3 Å². The number of nitrogens with two attached hydrogens (primary N) is 1. The first-order valence-corrected chi connectivity index (χ1v) is 4.37. The van der Waals surface area contributed by atoms with Gasteiger partial charge in [-0.05, 0) is 37.1 Å². The topological polar surface area (TPSA) is 26.0 Å². The normalized spacial score (nSPS) is 20.7. The van der Waals surface area contributed by atoms with Crippen LogP contribution in [0.4, 0.5) is 0 Å². The van der Waals surface area contributed by atoms with E-state index in [1.807, 2.05) is 0 Å². The molecule has 0 atom stereocenters. The highest BCUT2D eigenvalue weighted by atomic mass is 14.5. The van der Waals surface area contributed by atoms with E-state index in [0.29, 0.717) is 5.41 Å². The SMILES string of the molecule is CC(C)(CCN)C1CCC1. The van der Waals surface area contributed by atoms with E-state index >= 15 is 0 Å². The van der Waals surface area contributed by atoms with E-state index < -0.39 is 0 Å². The van der Waals surface area contributed by atoms with Gasteiger partial charge in [0.25, 0.3) is 0 Å². The monoisotopic (exact) mass is 141 g/mol. The molecular formula is C9H19N. The second-order valence-electron chi connectivity index (χ2n) is 4.16. The van der Waals surface area contributed by atoms with Gasteiger partial charge in [0, 0.05) is 0 Å². The molecule has 0 radical (unpaired) electrons. The lowest BCUT2D eigenvalue weighted by Crippen LogP contribution is -2.31. The summed E-state index contributed by atoms with van der Waals surface area (Å²) in [6.45, 7) is 5.55. The fourth-order valence-electron chi connectivity index (χ4n) is 1.77. The maximum absolute atomic E-state index is 5.53. The van der Waals surface area contributed by atoms with Crippen molar-refractivity contribution in [1.29, 1.82) is 0 Å². The molecule has 1 saturated carbocycles. The van der Waals surface area contributed by atoms with E-state index in [1.54, 1.807) is 0 Å². The average Bonchev–Trinajstić information content (AvgIpc) is 1.56. The summed E-state index contributed by atoms with van der Waals surface area (Å²) in [5.41, 5.74) is 6.05. The van der Waals surface area contributed by atoms with Crippen molar-refractivity contribution < 1.29 is 0 Å². The quantitative estimate of drug-likeness (QED) is 0.640. The van der Waals surface area contributed by atoms with Gasteiger partial charge in [-0.1, -0.05) is 20.3 Å². The van der Waals surface area contributed by atoms with Crippen molar-refractivity contribution in [3.8, 4) is 0 Å². The standard InChI is InChI=1S/C9H19N/c1-9(2,6-7-10)8-4-3-5-8/h8H,3-7,10H2,1-2H3. The number of rotatable bonds is 3. The Labute approximate surface area is 64.0 Å². The van der Waals surface area contributed by atoms with Gasteiger partial charge in [-0.2, -0.15) is 0 Å². The van der Waals surface area contributed by atoms with Crippen molar-refractivity contribution in [2.45, 2.75) is 39.5 Å². The maximum Gasteiger partial charge on any atom is -0.00721 e. The molecule has 1 fully saturated rings. The zero-order valence-corrected chi connectivity index (χ0v) is 7.19. The Morgan fingerprint density at radius 1 is 1.40 bits per heavy atom. The minimum Gasteiger partial charge on any atom is -0.330 e.